The van der Waals surface area contributed by atoms with E-state index < -0.39 is 0 Å². The summed E-state index contributed by atoms with van der Waals surface area (Å²) in [5, 5.41) is 0. The number of hydrogen-bond acceptors (Lipinski definition) is 1. The molecule has 2 heteroatoms. The molecule has 0 aliphatic rings. The van der Waals surface area contributed by atoms with Gasteiger partial charge in [-0.2, -0.15) is 0 Å². The molecule has 0 aliphatic heterocycles. The first-order valence-electron chi connectivity index (χ1n) is 2.70. The highest BCUT2D eigenvalue weighted by atomic mass is 16.1. The van der Waals surface area contributed by atoms with Gasteiger partial charge in [0.2, 0.25) is 0 Å². The van der Waals surface area contributed by atoms with Gasteiger partial charge in [-0.15, -0.1) is 0 Å². The summed E-state index contributed by atoms with van der Waals surface area (Å²) < 4.78 is 0. The van der Waals surface area contributed by atoms with Crippen LogP contribution in [-0.4, -0.2) is 13.6 Å². The van der Waals surface area contributed by atoms with E-state index in [2.05, 4.69) is 0 Å². The maximum atomic E-state index is 10.5. The summed E-state index contributed by atoms with van der Waals surface area (Å²) in [7, 11) is 1.84. The van der Waals surface area contributed by atoms with E-state index in [0.717, 1.165) is 11.0 Å². The van der Waals surface area contributed by atoms with Crippen LogP contribution in [0.15, 0.2) is 11.0 Å². The minimum Gasteiger partial charge on any atom is -0.296 e. The van der Waals surface area contributed by atoms with Crippen molar-refractivity contribution in [2.45, 2.75) is 20.8 Å². The third-order valence-corrected chi connectivity index (χ3v) is 1.28. The predicted octanol–water partition coefficient (Wildman–Crippen LogP) is 0.502. The van der Waals surface area contributed by atoms with Gasteiger partial charge in [0.1, 0.15) is 13.6 Å². The molecule has 0 saturated carbocycles. The molecule has 0 atom stereocenters. The third-order valence-electron chi connectivity index (χ3n) is 1.28. The van der Waals surface area contributed by atoms with Gasteiger partial charge in [-0.3, -0.25) is 4.79 Å². The molecule has 0 unspecified atom stereocenters. The predicted molar refractivity (Wildman–Crippen MR) is 37.6 cm³/mol. The van der Waals surface area contributed by atoms with E-state index in [0.29, 0.717) is 0 Å². The lowest BCUT2D eigenvalue weighted by Gasteiger charge is -1.94. The van der Waals surface area contributed by atoms with Gasteiger partial charge in [0, 0.05) is 0 Å². The average Bonchev–Trinajstić information content (AvgIpc) is 1.64. The van der Waals surface area contributed by atoms with Crippen LogP contribution in [0.4, 0.5) is 0 Å². The van der Waals surface area contributed by atoms with E-state index >= 15 is 0 Å². The number of Topliss-reactive ketones (excluding diaryl/α,β-unsaturated/α-hetero) is 1. The molecular formula is C6H11BO. The molecule has 0 N–H and O–H groups in total. The zero-order valence-corrected chi connectivity index (χ0v) is 5.91. The van der Waals surface area contributed by atoms with Crippen molar-refractivity contribution in [3.63, 3.8) is 0 Å². The average molecular weight is 110 g/mol. The van der Waals surface area contributed by atoms with Gasteiger partial charge in [-0.05, 0) is 26.2 Å². The maximum absolute atomic E-state index is 10.5. The van der Waals surface area contributed by atoms with Gasteiger partial charge in [0.25, 0.3) is 0 Å². The van der Waals surface area contributed by atoms with Crippen LogP contribution in [-0.2, 0) is 4.79 Å². The van der Waals surface area contributed by atoms with Gasteiger partial charge < -0.3 is 0 Å². The highest BCUT2D eigenvalue weighted by molar-refractivity contribution is 6.36. The first kappa shape index (κ1) is 7.47. The van der Waals surface area contributed by atoms with Crippen molar-refractivity contribution in [2.24, 2.45) is 0 Å². The molecule has 0 saturated heterocycles. The number of allylic oxidation sites excluding steroid dienone is 2. The fraction of sp³-hybridized carbons (Fsp3) is 0.500. The zero-order chi connectivity index (χ0) is 6.73. The van der Waals surface area contributed by atoms with Gasteiger partial charge in [0.05, 0.1) is 0 Å². The van der Waals surface area contributed by atoms with Gasteiger partial charge in [-0.25, -0.2) is 0 Å². The number of carbonyl (C=O) groups is 1. The fourth-order valence-electron chi connectivity index (χ4n) is 0.352. The summed E-state index contributed by atoms with van der Waals surface area (Å²) in [4.78, 5) is 10.5. The van der Waals surface area contributed by atoms with Crippen molar-refractivity contribution in [1.29, 1.82) is 0 Å². The van der Waals surface area contributed by atoms with Crippen LogP contribution in [0.25, 0.3) is 0 Å². The summed E-state index contributed by atoms with van der Waals surface area (Å²) in [5.41, 5.74) is 1.99. The Morgan fingerprint density at radius 3 is 1.62 bits per heavy atom. The third kappa shape index (κ3) is 1.96. The molecular weight excluding hydrogens is 98.9 g/mol. The fourth-order valence-corrected chi connectivity index (χ4v) is 0.352. The summed E-state index contributed by atoms with van der Waals surface area (Å²) in [6.07, 6.45) is 0. The number of rotatable bonds is 1. The van der Waals surface area contributed by atoms with E-state index in [1.54, 1.807) is 6.92 Å². The Kier molecular flexibility index (Phi) is 2.52. The molecule has 44 valence electrons. The number of hydrogen-bond donors (Lipinski definition) is 0. The molecule has 0 rings (SSSR count). The molecule has 0 aromatic heterocycles. The lowest BCUT2D eigenvalue weighted by molar-refractivity contribution is -0.113. The second-order valence-electron chi connectivity index (χ2n) is 2.18. The second-order valence-corrected chi connectivity index (χ2v) is 2.18. The monoisotopic (exact) mass is 110 g/mol. The van der Waals surface area contributed by atoms with Crippen LogP contribution < -0.4 is 0 Å². The topological polar surface area (TPSA) is 17.1 Å². The molecule has 8 heavy (non-hydrogen) atoms. The van der Waals surface area contributed by atoms with Crippen LogP contribution in [0.2, 0.25) is 0 Å². The molecule has 0 spiro atoms. The normalized spacial score (nSPS) is 8.38. The standard InChI is InChI=1S/C6H11BO/c1-4(2)6(7)5(3)8/h7H2,1-3H3. The summed E-state index contributed by atoms with van der Waals surface area (Å²) in [6.45, 7) is 5.47. The molecule has 0 bridgehead atoms. The molecule has 0 aromatic carbocycles. The summed E-state index contributed by atoms with van der Waals surface area (Å²) >= 11 is 0. The number of carbonyl (C=O) groups excluding carboxylic acids is 1. The van der Waals surface area contributed by atoms with Gasteiger partial charge >= 0.3 is 0 Å². The van der Waals surface area contributed by atoms with Crippen LogP contribution >= 0.6 is 0 Å². The number of ketones is 1. The minimum atomic E-state index is 0.171. The Morgan fingerprint density at radius 2 is 1.62 bits per heavy atom. The van der Waals surface area contributed by atoms with Crippen LogP contribution in [0, 0.1) is 0 Å². The second kappa shape index (κ2) is 2.70. The van der Waals surface area contributed by atoms with E-state index in [1.807, 2.05) is 21.7 Å². The largest absolute Gasteiger partial charge is 0.296 e. The lowest BCUT2D eigenvalue weighted by atomic mass is 9.88. The lowest BCUT2D eigenvalue weighted by Crippen LogP contribution is -1.97. The Hall–Kier alpha value is -0.525. The molecule has 0 heterocycles. The summed E-state index contributed by atoms with van der Waals surface area (Å²) in [5.74, 6) is 0.171. The molecule has 0 amide bonds. The Balaban J connectivity index is 4.23. The quantitative estimate of drug-likeness (QED) is 0.355. The molecule has 0 aliphatic carbocycles. The van der Waals surface area contributed by atoms with Crippen LogP contribution in [0.5, 0.6) is 0 Å². The Labute approximate surface area is 51.2 Å². The van der Waals surface area contributed by atoms with Crippen LogP contribution in [0.1, 0.15) is 20.8 Å². The van der Waals surface area contributed by atoms with Gasteiger partial charge in [-0.1, -0.05) is 5.57 Å². The van der Waals surface area contributed by atoms with Crippen molar-refractivity contribution in [1.82, 2.24) is 0 Å². The maximum Gasteiger partial charge on any atom is 0.146 e. The van der Waals surface area contributed by atoms with Crippen molar-refractivity contribution >= 4 is 13.6 Å². The Morgan fingerprint density at radius 1 is 1.25 bits per heavy atom. The first-order chi connectivity index (χ1) is 3.55. The minimum absolute atomic E-state index is 0.171. The first-order valence-corrected chi connectivity index (χ1v) is 2.70. The van der Waals surface area contributed by atoms with Gasteiger partial charge in [0.15, 0.2) is 0 Å². The van der Waals surface area contributed by atoms with E-state index in [1.165, 1.54) is 0 Å². The zero-order valence-electron chi connectivity index (χ0n) is 5.91. The van der Waals surface area contributed by atoms with Crippen molar-refractivity contribution in [2.75, 3.05) is 0 Å². The van der Waals surface area contributed by atoms with E-state index in [4.69, 9.17) is 0 Å². The molecule has 0 radical (unpaired) electrons. The van der Waals surface area contributed by atoms with Crippen molar-refractivity contribution in [3.8, 4) is 0 Å². The SMILES string of the molecule is BC(C(C)=O)=C(C)C. The van der Waals surface area contributed by atoms with E-state index in [-0.39, 0.29) is 5.78 Å². The highest BCUT2D eigenvalue weighted by Crippen LogP contribution is 1.97. The van der Waals surface area contributed by atoms with Crippen molar-refractivity contribution < 1.29 is 4.79 Å². The smallest absolute Gasteiger partial charge is 0.146 e. The molecule has 0 aromatic rings. The highest BCUT2D eigenvalue weighted by Gasteiger charge is 1.95. The molecule has 1 nitrogen and oxygen atoms in total. The summed E-state index contributed by atoms with van der Waals surface area (Å²) in [6, 6.07) is 0. The van der Waals surface area contributed by atoms with E-state index in [9.17, 15) is 4.79 Å². The Bertz CT molecular complexity index is 131. The van der Waals surface area contributed by atoms with Crippen LogP contribution in [0.3, 0.4) is 0 Å². The van der Waals surface area contributed by atoms with Crippen molar-refractivity contribution in [3.05, 3.63) is 11.0 Å². The molecule has 0 fully saturated rings.